The Morgan fingerprint density at radius 2 is 2.05 bits per heavy atom. The molecule has 1 aliphatic carbocycles. The number of fused-ring (bicyclic) bond motifs is 1. The third kappa shape index (κ3) is 4.31. The van der Waals surface area contributed by atoms with E-state index in [0.29, 0.717) is 42.1 Å². The average Bonchev–Trinajstić information content (AvgIpc) is 3.56. The van der Waals surface area contributed by atoms with Crippen LogP contribution < -0.4 is 10.2 Å². The van der Waals surface area contributed by atoms with Gasteiger partial charge in [-0.3, -0.25) is 4.90 Å². The predicted octanol–water partition coefficient (Wildman–Crippen LogP) is 4.39. The lowest BCUT2D eigenvalue weighted by molar-refractivity contribution is -0.182. The Kier molecular flexibility index (Phi) is 6.32. The van der Waals surface area contributed by atoms with Gasteiger partial charge < -0.3 is 24.6 Å². The molecule has 3 unspecified atom stereocenters. The van der Waals surface area contributed by atoms with Gasteiger partial charge in [-0.15, -0.1) is 0 Å². The summed E-state index contributed by atoms with van der Waals surface area (Å²) in [5.74, 6) is 1.19. The first-order valence-electron chi connectivity index (χ1n) is 15.2. The van der Waals surface area contributed by atoms with Crippen molar-refractivity contribution in [1.82, 2.24) is 19.4 Å². The molecule has 10 nitrogen and oxygen atoms in total. The monoisotopic (exact) mass is 593 g/mol. The first-order chi connectivity index (χ1) is 21.4. The van der Waals surface area contributed by atoms with Crippen LogP contribution in [0, 0.1) is 22.6 Å². The van der Waals surface area contributed by atoms with Crippen LogP contribution in [0.15, 0.2) is 54.6 Å². The van der Waals surface area contributed by atoms with E-state index < -0.39 is 11.8 Å². The van der Waals surface area contributed by atoms with Crippen molar-refractivity contribution in [2.45, 2.75) is 57.1 Å². The molecule has 2 aromatic carbocycles. The van der Waals surface area contributed by atoms with Gasteiger partial charge in [0.15, 0.2) is 0 Å². The SMILES string of the molecule is N#Cc1ccc(CNc2cccc(N3CC4N(Cc5nc6ccc(C(=O)O)cc6n5C[C@@H]5CCO5)C5CCC54C3)n2)c(F)c1. The van der Waals surface area contributed by atoms with Crippen LogP contribution in [0.1, 0.15) is 46.6 Å². The number of anilines is 2. The number of halogens is 1. The quantitative estimate of drug-likeness (QED) is 0.291. The van der Waals surface area contributed by atoms with E-state index in [9.17, 15) is 14.3 Å². The number of imidazole rings is 1. The van der Waals surface area contributed by atoms with Crippen LogP contribution >= 0.6 is 0 Å². The van der Waals surface area contributed by atoms with Crippen LogP contribution in [0.2, 0.25) is 0 Å². The number of nitriles is 1. The third-order valence-corrected chi connectivity index (χ3v) is 10.2. The molecule has 224 valence electrons. The van der Waals surface area contributed by atoms with Crippen molar-refractivity contribution in [3.8, 4) is 6.07 Å². The minimum atomic E-state index is -0.941. The molecule has 0 radical (unpaired) electrons. The number of carboxylic acid groups (broad SMARTS) is 1. The average molecular weight is 594 g/mol. The van der Waals surface area contributed by atoms with Gasteiger partial charge in [0.2, 0.25) is 0 Å². The van der Waals surface area contributed by atoms with Crippen LogP contribution in [0.25, 0.3) is 11.0 Å². The molecule has 1 spiro atoms. The minimum absolute atomic E-state index is 0.126. The smallest absolute Gasteiger partial charge is 0.335 e. The minimum Gasteiger partial charge on any atom is -0.478 e. The van der Waals surface area contributed by atoms with Gasteiger partial charge in [-0.05, 0) is 61.7 Å². The highest BCUT2D eigenvalue weighted by Crippen LogP contribution is 2.61. The highest BCUT2D eigenvalue weighted by Gasteiger charge is 2.69. The van der Waals surface area contributed by atoms with Crippen LogP contribution in [0.3, 0.4) is 0 Å². The number of piperidine rings is 1. The summed E-state index contributed by atoms with van der Waals surface area (Å²) in [6.07, 6.45) is 3.47. The fourth-order valence-corrected chi connectivity index (χ4v) is 7.66. The van der Waals surface area contributed by atoms with Crippen molar-refractivity contribution in [2.24, 2.45) is 5.41 Å². The van der Waals surface area contributed by atoms with Crippen molar-refractivity contribution < 1.29 is 19.0 Å². The van der Waals surface area contributed by atoms with E-state index in [4.69, 9.17) is 20.0 Å². The van der Waals surface area contributed by atoms with Crippen LogP contribution in [0.5, 0.6) is 0 Å². The van der Waals surface area contributed by atoms with Crippen molar-refractivity contribution in [3.05, 3.63) is 82.9 Å². The number of aromatic nitrogens is 3. The van der Waals surface area contributed by atoms with Gasteiger partial charge in [0, 0.05) is 49.3 Å². The second kappa shape index (κ2) is 10.3. The van der Waals surface area contributed by atoms with Crippen molar-refractivity contribution in [2.75, 3.05) is 29.9 Å². The van der Waals surface area contributed by atoms with E-state index in [1.54, 1.807) is 24.3 Å². The highest BCUT2D eigenvalue weighted by molar-refractivity contribution is 5.92. The van der Waals surface area contributed by atoms with Crippen molar-refractivity contribution in [3.63, 3.8) is 0 Å². The molecule has 8 rings (SSSR count). The number of pyridine rings is 1. The molecule has 0 amide bonds. The number of rotatable bonds is 9. The zero-order valence-corrected chi connectivity index (χ0v) is 24.1. The maximum absolute atomic E-state index is 14.4. The molecule has 5 heterocycles. The fourth-order valence-electron chi connectivity index (χ4n) is 7.66. The maximum atomic E-state index is 14.4. The standard InChI is InChI=1S/C33H32FN7O3/c34-24-12-20(14-35)4-5-22(24)15-36-29-2-1-3-30(38-29)39-17-28-33(19-39)10-8-27(33)41(28)18-31-37-25-7-6-21(32(42)43)13-26(25)40(31)16-23-9-11-44-23/h1-7,12-13,23,27-28H,8-11,15-19H2,(H,36,38)(H,42,43)/t23-,27?,28?,33?/m0/s1. The summed E-state index contributed by atoms with van der Waals surface area (Å²) < 4.78 is 22.3. The van der Waals surface area contributed by atoms with Gasteiger partial charge >= 0.3 is 5.97 Å². The lowest BCUT2D eigenvalue weighted by atomic mass is 9.53. The van der Waals surface area contributed by atoms with E-state index in [1.165, 1.54) is 12.5 Å². The largest absolute Gasteiger partial charge is 0.478 e. The summed E-state index contributed by atoms with van der Waals surface area (Å²) >= 11 is 0. The van der Waals surface area contributed by atoms with Gasteiger partial charge in [-0.2, -0.15) is 5.26 Å². The maximum Gasteiger partial charge on any atom is 0.335 e. The molecule has 11 heteroatoms. The predicted molar refractivity (Wildman–Crippen MR) is 161 cm³/mol. The van der Waals surface area contributed by atoms with Crippen LogP contribution in [0.4, 0.5) is 16.0 Å². The van der Waals surface area contributed by atoms with E-state index in [0.717, 1.165) is 55.2 Å². The Bertz CT molecular complexity index is 1830. The summed E-state index contributed by atoms with van der Waals surface area (Å²) in [7, 11) is 0. The summed E-state index contributed by atoms with van der Waals surface area (Å²) in [5, 5.41) is 21.8. The molecule has 4 aromatic rings. The van der Waals surface area contributed by atoms with E-state index >= 15 is 0 Å². The molecule has 4 atom stereocenters. The van der Waals surface area contributed by atoms with Crippen molar-refractivity contribution in [1.29, 1.82) is 5.26 Å². The Morgan fingerprint density at radius 3 is 2.77 bits per heavy atom. The van der Waals surface area contributed by atoms with Crippen LogP contribution in [-0.2, 0) is 24.4 Å². The zero-order chi connectivity index (χ0) is 30.0. The number of aromatic carboxylic acids is 1. The van der Waals surface area contributed by atoms with Crippen LogP contribution in [-0.4, -0.2) is 68.4 Å². The van der Waals surface area contributed by atoms with Gasteiger partial charge in [0.1, 0.15) is 23.3 Å². The van der Waals surface area contributed by atoms with Gasteiger partial charge in [0.25, 0.3) is 0 Å². The summed E-state index contributed by atoms with van der Waals surface area (Å²) in [4.78, 5) is 26.5. The number of ether oxygens (including phenoxy) is 1. The Hall–Kier alpha value is -4.53. The molecule has 44 heavy (non-hydrogen) atoms. The number of carboxylic acids is 1. The Labute approximate surface area is 253 Å². The van der Waals surface area contributed by atoms with Gasteiger partial charge in [0.05, 0.1) is 47.4 Å². The fraction of sp³-hybridized carbons (Fsp3) is 0.394. The normalized spacial score (nSPS) is 25.4. The van der Waals surface area contributed by atoms with E-state index in [1.807, 2.05) is 30.3 Å². The molecule has 2 N–H and O–H groups in total. The molecule has 3 saturated heterocycles. The third-order valence-electron chi connectivity index (χ3n) is 10.2. The molecule has 3 aliphatic heterocycles. The lowest BCUT2D eigenvalue weighted by Crippen LogP contribution is -2.76. The first kappa shape index (κ1) is 27.0. The second-order valence-corrected chi connectivity index (χ2v) is 12.4. The lowest BCUT2D eigenvalue weighted by Gasteiger charge is -2.67. The number of nitrogens with one attached hydrogen (secondary N) is 1. The number of hydrogen-bond donors (Lipinski definition) is 2. The molecular weight excluding hydrogens is 561 g/mol. The van der Waals surface area contributed by atoms with E-state index in [-0.39, 0.29) is 23.6 Å². The Morgan fingerprint density at radius 1 is 1.16 bits per heavy atom. The van der Waals surface area contributed by atoms with Gasteiger partial charge in [-0.1, -0.05) is 12.1 Å². The number of likely N-dealkylation sites (tertiary alicyclic amines) is 1. The molecule has 4 aliphatic rings. The first-order valence-corrected chi connectivity index (χ1v) is 15.2. The number of hydrogen-bond acceptors (Lipinski definition) is 8. The summed E-state index contributed by atoms with van der Waals surface area (Å²) in [6, 6.07) is 18.4. The molecular formula is C33H32FN7O3. The highest BCUT2D eigenvalue weighted by atomic mass is 19.1. The van der Waals surface area contributed by atoms with Gasteiger partial charge in [-0.25, -0.2) is 19.2 Å². The molecule has 1 saturated carbocycles. The summed E-state index contributed by atoms with van der Waals surface area (Å²) in [6.45, 7) is 4.24. The number of benzene rings is 2. The summed E-state index contributed by atoms with van der Waals surface area (Å²) in [5.41, 5.74) is 2.96. The molecule has 4 fully saturated rings. The molecule has 0 bridgehead atoms. The number of nitrogens with zero attached hydrogens (tertiary/aromatic N) is 6. The van der Waals surface area contributed by atoms with E-state index in [2.05, 4.69) is 19.7 Å². The zero-order valence-electron chi connectivity index (χ0n) is 24.1. The second-order valence-electron chi connectivity index (χ2n) is 12.4. The number of carbonyl (C=O) groups is 1. The topological polar surface area (TPSA) is 120 Å². The molecule has 2 aromatic heterocycles. The van der Waals surface area contributed by atoms with Crippen molar-refractivity contribution >= 4 is 28.6 Å². The Balaban J connectivity index is 1.000.